The lowest BCUT2D eigenvalue weighted by Crippen LogP contribution is -2.32. The molecular weight excluding hydrogens is 168 g/mol. The lowest BCUT2D eigenvalue weighted by molar-refractivity contribution is 0.0598. The fourth-order valence-corrected chi connectivity index (χ4v) is 1.55. The van der Waals surface area contributed by atoms with Crippen molar-refractivity contribution in [2.24, 2.45) is 0 Å². The molecule has 13 heavy (non-hydrogen) atoms. The molecule has 3 nitrogen and oxygen atoms in total. The van der Waals surface area contributed by atoms with Gasteiger partial charge in [-0.2, -0.15) is 0 Å². The lowest BCUT2D eigenvalue weighted by atomic mass is 9.97. The number of rotatable bonds is 4. The van der Waals surface area contributed by atoms with E-state index in [1.165, 1.54) is 12.8 Å². The van der Waals surface area contributed by atoms with Crippen LogP contribution in [0.1, 0.15) is 46.5 Å². The Balaban J connectivity index is 2.36. The van der Waals surface area contributed by atoms with Crippen LogP contribution in [0.3, 0.4) is 0 Å². The Labute approximate surface area is 79.4 Å². The number of carbonyl (C=O) groups excluding carboxylic acids is 1. The van der Waals surface area contributed by atoms with Crippen LogP contribution in [0.15, 0.2) is 0 Å². The summed E-state index contributed by atoms with van der Waals surface area (Å²) in [6.07, 6.45) is 3.79. The molecule has 1 atom stereocenters. The Morgan fingerprint density at radius 1 is 1.38 bits per heavy atom. The molecule has 1 heterocycles. The van der Waals surface area contributed by atoms with Crippen molar-refractivity contribution in [1.82, 2.24) is 0 Å². The predicted octanol–water partition coefficient (Wildman–Crippen LogP) is 2.88. The van der Waals surface area contributed by atoms with Crippen LogP contribution in [-0.4, -0.2) is 17.9 Å². The maximum Gasteiger partial charge on any atom is 0.509 e. The molecule has 1 aliphatic rings. The largest absolute Gasteiger partial charge is 0.509 e. The van der Waals surface area contributed by atoms with Crippen molar-refractivity contribution in [3.05, 3.63) is 0 Å². The summed E-state index contributed by atoms with van der Waals surface area (Å²) in [4.78, 5) is 10.9. The highest BCUT2D eigenvalue weighted by Crippen LogP contribution is 2.29. The molecule has 1 fully saturated rings. The zero-order valence-electron chi connectivity index (χ0n) is 8.63. The number of unbranched alkanes of at least 4 members (excludes halogenated alkanes) is 2. The third-order valence-electron chi connectivity index (χ3n) is 2.43. The van der Waals surface area contributed by atoms with Gasteiger partial charge in [-0.25, -0.2) is 4.79 Å². The van der Waals surface area contributed by atoms with Crippen LogP contribution in [0.4, 0.5) is 4.79 Å². The normalized spacial score (nSPS) is 25.5. The summed E-state index contributed by atoms with van der Waals surface area (Å²) in [5.41, 5.74) is -0.440. The molecule has 1 unspecified atom stereocenters. The molecule has 1 aliphatic heterocycles. The summed E-state index contributed by atoms with van der Waals surface area (Å²) in [6.45, 7) is 5.95. The van der Waals surface area contributed by atoms with E-state index < -0.39 is 11.8 Å². The first-order valence-electron chi connectivity index (χ1n) is 4.96. The molecule has 1 rings (SSSR count). The number of ether oxygens (including phenoxy) is 2. The van der Waals surface area contributed by atoms with Gasteiger partial charge in [0, 0.05) is 0 Å². The van der Waals surface area contributed by atoms with Crippen LogP contribution < -0.4 is 0 Å². The van der Waals surface area contributed by atoms with Crippen LogP contribution in [0.25, 0.3) is 0 Å². The fraction of sp³-hybridized carbons (Fsp3) is 0.900. The summed E-state index contributed by atoms with van der Waals surface area (Å²) >= 11 is 0. The minimum atomic E-state index is -0.522. The minimum Gasteiger partial charge on any atom is -0.427 e. The summed E-state index contributed by atoms with van der Waals surface area (Å²) in [5, 5.41) is 0. The highest BCUT2D eigenvalue weighted by Gasteiger charge is 2.43. The lowest BCUT2D eigenvalue weighted by Gasteiger charge is -2.21. The van der Waals surface area contributed by atoms with Gasteiger partial charge >= 0.3 is 6.16 Å². The Morgan fingerprint density at radius 2 is 2.08 bits per heavy atom. The van der Waals surface area contributed by atoms with Crippen LogP contribution in [-0.2, 0) is 9.47 Å². The van der Waals surface area contributed by atoms with Crippen molar-refractivity contribution >= 4 is 6.16 Å². The van der Waals surface area contributed by atoms with Crippen molar-refractivity contribution in [3.63, 3.8) is 0 Å². The Bertz CT molecular complexity index is 187. The van der Waals surface area contributed by atoms with E-state index in [-0.39, 0.29) is 6.10 Å². The van der Waals surface area contributed by atoms with E-state index >= 15 is 0 Å². The van der Waals surface area contributed by atoms with Crippen LogP contribution >= 0.6 is 0 Å². The first-order chi connectivity index (χ1) is 6.06. The highest BCUT2D eigenvalue weighted by atomic mass is 16.8. The van der Waals surface area contributed by atoms with Crippen LogP contribution in [0.2, 0.25) is 0 Å². The minimum absolute atomic E-state index is 0.0634. The summed E-state index contributed by atoms with van der Waals surface area (Å²) < 4.78 is 10.1. The molecule has 0 aromatic heterocycles. The van der Waals surface area contributed by atoms with Gasteiger partial charge in [0.25, 0.3) is 0 Å². The molecular formula is C10H18O3. The zero-order valence-corrected chi connectivity index (χ0v) is 8.63. The van der Waals surface area contributed by atoms with E-state index in [0.29, 0.717) is 0 Å². The van der Waals surface area contributed by atoms with Gasteiger partial charge in [0.15, 0.2) is 0 Å². The number of hydrogen-bond donors (Lipinski definition) is 0. The van der Waals surface area contributed by atoms with Gasteiger partial charge in [-0.3, -0.25) is 0 Å². The quantitative estimate of drug-likeness (QED) is 0.500. The molecule has 0 aromatic rings. The first kappa shape index (κ1) is 10.4. The van der Waals surface area contributed by atoms with E-state index in [0.717, 1.165) is 12.8 Å². The topological polar surface area (TPSA) is 35.5 Å². The Kier molecular flexibility index (Phi) is 3.17. The highest BCUT2D eigenvalue weighted by molar-refractivity contribution is 5.63. The average Bonchev–Trinajstić information content (AvgIpc) is 2.25. The number of cyclic esters (lactones) is 2. The maximum absolute atomic E-state index is 10.9. The van der Waals surface area contributed by atoms with Crippen LogP contribution in [0, 0.1) is 0 Å². The molecule has 0 aliphatic carbocycles. The fourth-order valence-electron chi connectivity index (χ4n) is 1.55. The van der Waals surface area contributed by atoms with E-state index in [2.05, 4.69) is 6.92 Å². The predicted molar refractivity (Wildman–Crippen MR) is 49.6 cm³/mol. The van der Waals surface area contributed by atoms with Gasteiger partial charge in [-0.1, -0.05) is 19.8 Å². The monoisotopic (exact) mass is 186 g/mol. The maximum atomic E-state index is 10.9. The Hall–Kier alpha value is -0.730. The van der Waals surface area contributed by atoms with Crippen molar-refractivity contribution in [3.8, 4) is 0 Å². The molecule has 3 heteroatoms. The van der Waals surface area contributed by atoms with Gasteiger partial charge in [0.1, 0.15) is 11.7 Å². The van der Waals surface area contributed by atoms with Gasteiger partial charge in [-0.15, -0.1) is 0 Å². The summed E-state index contributed by atoms with van der Waals surface area (Å²) in [7, 11) is 0. The second-order valence-electron chi connectivity index (χ2n) is 4.06. The van der Waals surface area contributed by atoms with Gasteiger partial charge in [0.05, 0.1) is 0 Å². The van der Waals surface area contributed by atoms with Crippen molar-refractivity contribution in [1.29, 1.82) is 0 Å². The molecule has 0 saturated carbocycles. The second kappa shape index (κ2) is 3.99. The van der Waals surface area contributed by atoms with Crippen molar-refractivity contribution in [2.75, 3.05) is 0 Å². The van der Waals surface area contributed by atoms with E-state index in [1.807, 2.05) is 13.8 Å². The molecule has 0 aromatic carbocycles. The smallest absolute Gasteiger partial charge is 0.427 e. The van der Waals surface area contributed by atoms with E-state index in [9.17, 15) is 4.79 Å². The molecule has 1 saturated heterocycles. The van der Waals surface area contributed by atoms with Crippen molar-refractivity contribution in [2.45, 2.75) is 58.2 Å². The zero-order chi connectivity index (χ0) is 9.90. The van der Waals surface area contributed by atoms with E-state index in [4.69, 9.17) is 9.47 Å². The standard InChI is InChI=1S/C10H18O3/c1-4-5-6-7-8-10(2,3)13-9(11)12-8/h8H,4-7H2,1-3H3. The van der Waals surface area contributed by atoms with Gasteiger partial charge < -0.3 is 9.47 Å². The number of carbonyl (C=O) groups is 1. The van der Waals surface area contributed by atoms with Crippen molar-refractivity contribution < 1.29 is 14.3 Å². The molecule has 0 amide bonds. The first-order valence-corrected chi connectivity index (χ1v) is 4.96. The van der Waals surface area contributed by atoms with E-state index in [1.54, 1.807) is 0 Å². The van der Waals surface area contributed by atoms with Crippen LogP contribution in [0.5, 0.6) is 0 Å². The number of hydrogen-bond acceptors (Lipinski definition) is 3. The third kappa shape index (κ3) is 2.61. The molecule has 76 valence electrons. The van der Waals surface area contributed by atoms with Gasteiger partial charge in [0.2, 0.25) is 0 Å². The summed E-state index contributed by atoms with van der Waals surface area (Å²) in [6, 6.07) is 0. The second-order valence-corrected chi connectivity index (χ2v) is 4.06. The third-order valence-corrected chi connectivity index (χ3v) is 2.43. The SMILES string of the molecule is CCCCCC1OC(=O)OC1(C)C. The molecule has 0 N–H and O–H groups in total. The van der Waals surface area contributed by atoms with Gasteiger partial charge in [-0.05, 0) is 26.7 Å². The Morgan fingerprint density at radius 3 is 2.54 bits per heavy atom. The molecule has 0 spiro atoms. The summed E-state index contributed by atoms with van der Waals surface area (Å²) in [5.74, 6) is 0. The average molecular weight is 186 g/mol. The molecule has 0 radical (unpaired) electrons. The molecule has 0 bridgehead atoms.